The van der Waals surface area contributed by atoms with E-state index in [4.69, 9.17) is 4.74 Å². The molecule has 0 amide bonds. The molecule has 0 aliphatic heterocycles. The zero-order valence-electron chi connectivity index (χ0n) is 13.1. The van der Waals surface area contributed by atoms with Crippen molar-refractivity contribution < 1.29 is 31.1 Å². The lowest BCUT2D eigenvalue weighted by Gasteiger charge is -2.15. The third-order valence-corrected chi connectivity index (χ3v) is 3.30. The van der Waals surface area contributed by atoms with Gasteiger partial charge in [-0.15, -0.1) is 0 Å². The fourth-order valence-electron chi connectivity index (χ4n) is 2.07. The molecule has 0 unspecified atom stereocenters. The summed E-state index contributed by atoms with van der Waals surface area (Å²) in [4.78, 5) is 0. The molecule has 2 nitrogen and oxygen atoms in total. The summed E-state index contributed by atoms with van der Waals surface area (Å²) in [6.45, 7) is 3.30. The second-order valence-electron chi connectivity index (χ2n) is 5.27. The van der Waals surface area contributed by atoms with Crippen LogP contribution in [0.25, 0.3) is 0 Å². The highest BCUT2D eigenvalue weighted by atomic mass is 19.4. The van der Waals surface area contributed by atoms with E-state index >= 15 is 0 Å². The molecule has 0 radical (unpaired) electrons. The Morgan fingerprint density at radius 1 is 0.800 bits per heavy atom. The van der Waals surface area contributed by atoms with Gasteiger partial charge in [0.2, 0.25) is 0 Å². The molecule has 8 heteroatoms. The Kier molecular flexibility index (Phi) is 5.62. The van der Waals surface area contributed by atoms with Crippen molar-refractivity contribution in [2.45, 2.75) is 25.8 Å². The fourth-order valence-corrected chi connectivity index (χ4v) is 2.07. The molecule has 2 rings (SSSR count). The Balaban J connectivity index is 2.29. The summed E-state index contributed by atoms with van der Waals surface area (Å²) >= 11 is 0. The van der Waals surface area contributed by atoms with Crippen LogP contribution in [-0.4, -0.2) is 6.54 Å². The third kappa shape index (κ3) is 5.38. The van der Waals surface area contributed by atoms with Gasteiger partial charge in [0.25, 0.3) is 0 Å². The molecule has 2 aromatic rings. The Bertz CT molecular complexity index is 674. The molecule has 0 heterocycles. The standard InChI is InChI=1S/C17H15F6NO/c1-2-24-10-11-3-5-14(6-4-11)25-15-8-12(16(18,19)20)7-13(9-15)17(21,22)23/h3-9,24H,2,10H2,1H3. The number of benzene rings is 2. The second-order valence-corrected chi connectivity index (χ2v) is 5.27. The van der Waals surface area contributed by atoms with E-state index in [0.29, 0.717) is 18.7 Å². The monoisotopic (exact) mass is 363 g/mol. The van der Waals surface area contributed by atoms with Gasteiger partial charge in [-0.05, 0) is 42.4 Å². The van der Waals surface area contributed by atoms with E-state index in [2.05, 4.69) is 5.32 Å². The number of rotatable bonds is 5. The second kappa shape index (κ2) is 7.35. The lowest BCUT2D eigenvalue weighted by atomic mass is 10.1. The molecular formula is C17H15F6NO. The van der Waals surface area contributed by atoms with E-state index in [-0.39, 0.29) is 11.8 Å². The first-order valence-corrected chi connectivity index (χ1v) is 7.36. The lowest BCUT2D eigenvalue weighted by molar-refractivity contribution is -0.143. The molecular weight excluding hydrogens is 348 g/mol. The van der Waals surface area contributed by atoms with Crippen molar-refractivity contribution in [2.75, 3.05) is 6.54 Å². The maximum atomic E-state index is 12.8. The number of halogens is 6. The molecule has 0 fully saturated rings. The van der Waals surface area contributed by atoms with Crippen LogP contribution in [0.15, 0.2) is 42.5 Å². The number of hydrogen-bond acceptors (Lipinski definition) is 2. The van der Waals surface area contributed by atoms with Gasteiger partial charge in [0.05, 0.1) is 11.1 Å². The van der Waals surface area contributed by atoms with Gasteiger partial charge in [0, 0.05) is 6.54 Å². The Labute approximate surface area is 140 Å². The predicted molar refractivity (Wildman–Crippen MR) is 80.3 cm³/mol. The summed E-state index contributed by atoms with van der Waals surface area (Å²) in [5, 5.41) is 3.09. The molecule has 0 aromatic heterocycles. The van der Waals surface area contributed by atoms with Crippen molar-refractivity contribution in [2.24, 2.45) is 0 Å². The minimum atomic E-state index is -4.91. The molecule has 2 aromatic carbocycles. The van der Waals surface area contributed by atoms with Crippen molar-refractivity contribution in [3.8, 4) is 11.5 Å². The van der Waals surface area contributed by atoms with E-state index in [1.807, 2.05) is 6.92 Å². The van der Waals surface area contributed by atoms with Gasteiger partial charge in [-0.1, -0.05) is 19.1 Å². The average molecular weight is 363 g/mol. The molecule has 0 bridgehead atoms. The molecule has 0 atom stereocenters. The van der Waals surface area contributed by atoms with Crippen LogP contribution >= 0.6 is 0 Å². The van der Waals surface area contributed by atoms with Crippen molar-refractivity contribution in [1.29, 1.82) is 0 Å². The first-order valence-electron chi connectivity index (χ1n) is 7.36. The van der Waals surface area contributed by atoms with E-state index in [0.717, 1.165) is 12.1 Å². The Hall–Kier alpha value is -2.22. The maximum absolute atomic E-state index is 12.8. The van der Waals surface area contributed by atoms with Crippen LogP contribution in [0, 0.1) is 0 Å². The fraction of sp³-hybridized carbons (Fsp3) is 0.294. The van der Waals surface area contributed by atoms with Crippen molar-refractivity contribution in [3.05, 3.63) is 59.2 Å². The Morgan fingerprint density at radius 2 is 1.32 bits per heavy atom. The van der Waals surface area contributed by atoms with E-state index < -0.39 is 29.2 Å². The average Bonchev–Trinajstić information content (AvgIpc) is 2.52. The molecule has 0 aliphatic rings. The summed E-state index contributed by atoms with van der Waals surface area (Å²) in [6, 6.07) is 7.48. The van der Waals surface area contributed by atoms with Gasteiger partial charge in [-0.25, -0.2) is 0 Å². The molecule has 0 saturated carbocycles. The quantitative estimate of drug-likeness (QED) is 0.696. The van der Waals surface area contributed by atoms with E-state index in [1.54, 1.807) is 12.1 Å². The summed E-state index contributed by atoms with van der Waals surface area (Å²) in [7, 11) is 0. The van der Waals surface area contributed by atoms with Crippen molar-refractivity contribution in [1.82, 2.24) is 5.32 Å². The van der Waals surface area contributed by atoms with Gasteiger partial charge < -0.3 is 10.1 Å². The summed E-state index contributed by atoms with van der Waals surface area (Å²) in [5.74, 6) is -0.380. The first kappa shape index (κ1) is 19.1. The zero-order chi connectivity index (χ0) is 18.7. The molecule has 136 valence electrons. The summed E-state index contributed by atoms with van der Waals surface area (Å²) in [6.07, 6.45) is -9.82. The van der Waals surface area contributed by atoms with Gasteiger partial charge in [-0.2, -0.15) is 26.3 Å². The van der Waals surface area contributed by atoms with Gasteiger partial charge >= 0.3 is 12.4 Å². The van der Waals surface area contributed by atoms with Crippen molar-refractivity contribution in [3.63, 3.8) is 0 Å². The number of hydrogen-bond donors (Lipinski definition) is 1. The minimum Gasteiger partial charge on any atom is -0.457 e. The van der Waals surface area contributed by atoms with Crippen LogP contribution in [0.1, 0.15) is 23.6 Å². The highest BCUT2D eigenvalue weighted by Crippen LogP contribution is 2.39. The van der Waals surface area contributed by atoms with Gasteiger partial charge in [0.15, 0.2) is 0 Å². The molecule has 0 aliphatic carbocycles. The lowest BCUT2D eigenvalue weighted by Crippen LogP contribution is -2.11. The van der Waals surface area contributed by atoms with Gasteiger partial charge in [0.1, 0.15) is 11.5 Å². The van der Waals surface area contributed by atoms with Crippen LogP contribution in [0.2, 0.25) is 0 Å². The van der Waals surface area contributed by atoms with E-state index in [1.165, 1.54) is 12.1 Å². The SMILES string of the molecule is CCNCc1ccc(Oc2cc(C(F)(F)F)cc(C(F)(F)F)c2)cc1. The van der Waals surface area contributed by atoms with Crippen LogP contribution in [0.4, 0.5) is 26.3 Å². The smallest absolute Gasteiger partial charge is 0.416 e. The van der Waals surface area contributed by atoms with Crippen LogP contribution in [0.5, 0.6) is 11.5 Å². The molecule has 1 N–H and O–H groups in total. The molecule has 0 spiro atoms. The van der Waals surface area contributed by atoms with Crippen LogP contribution < -0.4 is 10.1 Å². The molecule has 25 heavy (non-hydrogen) atoms. The van der Waals surface area contributed by atoms with Crippen molar-refractivity contribution >= 4 is 0 Å². The predicted octanol–water partition coefficient (Wildman–Crippen LogP) is 5.63. The minimum absolute atomic E-state index is 0.0619. The number of nitrogens with one attached hydrogen (secondary N) is 1. The topological polar surface area (TPSA) is 21.3 Å². The highest BCUT2D eigenvalue weighted by Gasteiger charge is 2.37. The van der Waals surface area contributed by atoms with Crippen LogP contribution in [0.3, 0.4) is 0 Å². The normalized spacial score (nSPS) is 12.3. The first-order chi connectivity index (χ1) is 11.6. The zero-order valence-corrected chi connectivity index (χ0v) is 13.1. The third-order valence-electron chi connectivity index (χ3n) is 3.30. The summed E-state index contributed by atoms with van der Waals surface area (Å²) in [5.41, 5.74) is -1.92. The maximum Gasteiger partial charge on any atom is 0.416 e. The highest BCUT2D eigenvalue weighted by molar-refractivity contribution is 5.40. The van der Waals surface area contributed by atoms with Crippen LogP contribution in [-0.2, 0) is 18.9 Å². The number of alkyl halides is 6. The Morgan fingerprint density at radius 3 is 1.76 bits per heavy atom. The van der Waals surface area contributed by atoms with Gasteiger partial charge in [-0.3, -0.25) is 0 Å². The summed E-state index contributed by atoms with van der Waals surface area (Å²) < 4.78 is 82.1. The largest absolute Gasteiger partial charge is 0.457 e. The van der Waals surface area contributed by atoms with E-state index in [9.17, 15) is 26.3 Å². The number of ether oxygens (including phenoxy) is 1. The molecule has 0 saturated heterocycles.